The number of carbonyl (C=O) groups is 1. The van der Waals surface area contributed by atoms with Crippen LogP contribution >= 0.6 is 0 Å². The third kappa shape index (κ3) is 2.88. The monoisotopic (exact) mass is 260 g/mol. The Labute approximate surface area is 110 Å². The number of benzene rings is 1. The summed E-state index contributed by atoms with van der Waals surface area (Å²) in [5, 5.41) is 0. The predicted molar refractivity (Wildman–Crippen MR) is 70.0 cm³/mol. The molecule has 2 rings (SSSR count). The van der Waals surface area contributed by atoms with Crippen molar-refractivity contribution in [3.05, 3.63) is 47.9 Å². The average Bonchev–Trinajstić information content (AvgIpc) is 2.39. The van der Waals surface area contributed by atoms with E-state index in [4.69, 9.17) is 10.5 Å². The standard InChI is InChI=1S/C14H13FN2O2/c1-2-19-14(18)10-7-12(13(16)17-8-10)9-4-3-5-11(15)6-9/h3-8H,2H2,1H3,(H2,16,17). The highest BCUT2D eigenvalue weighted by atomic mass is 19.1. The third-order valence-electron chi connectivity index (χ3n) is 2.57. The van der Waals surface area contributed by atoms with E-state index >= 15 is 0 Å². The maximum atomic E-state index is 13.2. The Balaban J connectivity index is 2.45. The van der Waals surface area contributed by atoms with Crippen LogP contribution in [-0.4, -0.2) is 17.6 Å². The van der Waals surface area contributed by atoms with Gasteiger partial charge in [0.25, 0.3) is 0 Å². The van der Waals surface area contributed by atoms with E-state index in [1.54, 1.807) is 25.1 Å². The molecular weight excluding hydrogens is 247 g/mol. The predicted octanol–water partition coefficient (Wildman–Crippen LogP) is 2.65. The second-order valence-corrected chi connectivity index (χ2v) is 3.89. The molecule has 1 aromatic heterocycles. The fraction of sp³-hybridized carbons (Fsp3) is 0.143. The maximum absolute atomic E-state index is 13.2. The topological polar surface area (TPSA) is 65.2 Å². The minimum absolute atomic E-state index is 0.235. The molecule has 2 N–H and O–H groups in total. The van der Waals surface area contributed by atoms with Gasteiger partial charge in [0.1, 0.15) is 11.6 Å². The first-order valence-electron chi connectivity index (χ1n) is 5.80. The highest BCUT2D eigenvalue weighted by molar-refractivity contribution is 5.92. The Morgan fingerprint density at radius 3 is 2.89 bits per heavy atom. The van der Waals surface area contributed by atoms with Gasteiger partial charge in [-0.15, -0.1) is 0 Å². The van der Waals surface area contributed by atoms with Crippen molar-refractivity contribution >= 4 is 11.8 Å². The summed E-state index contributed by atoms with van der Waals surface area (Å²) in [4.78, 5) is 15.6. The summed E-state index contributed by atoms with van der Waals surface area (Å²) in [6.45, 7) is 1.99. The highest BCUT2D eigenvalue weighted by Crippen LogP contribution is 2.26. The lowest BCUT2D eigenvalue weighted by Gasteiger charge is -2.08. The molecule has 0 aliphatic heterocycles. The number of anilines is 1. The molecule has 0 radical (unpaired) electrons. The average molecular weight is 260 g/mol. The number of nitrogens with zero attached hydrogens (tertiary/aromatic N) is 1. The lowest BCUT2D eigenvalue weighted by Crippen LogP contribution is -2.06. The van der Waals surface area contributed by atoms with Crippen LogP contribution in [0.5, 0.6) is 0 Å². The van der Waals surface area contributed by atoms with E-state index in [9.17, 15) is 9.18 Å². The Morgan fingerprint density at radius 1 is 1.42 bits per heavy atom. The van der Waals surface area contributed by atoms with Crippen LogP contribution in [0, 0.1) is 5.82 Å². The van der Waals surface area contributed by atoms with Gasteiger partial charge in [-0.2, -0.15) is 0 Å². The fourth-order valence-corrected chi connectivity index (χ4v) is 1.69. The van der Waals surface area contributed by atoms with Gasteiger partial charge in [-0.1, -0.05) is 12.1 Å². The molecule has 0 fully saturated rings. The number of rotatable bonds is 3. The molecule has 98 valence electrons. The van der Waals surface area contributed by atoms with Gasteiger partial charge in [0.2, 0.25) is 0 Å². The second kappa shape index (κ2) is 5.48. The third-order valence-corrected chi connectivity index (χ3v) is 2.57. The zero-order chi connectivity index (χ0) is 13.8. The largest absolute Gasteiger partial charge is 0.462 e. The first-order valence-corrected chi connectivity index (χ1v) is 5.80. The number of ether oxygens (including phenoxy) is 1. The van der Waals surface area contributed by atoms with Crippen molar-refractivity contribution in [1.29, 1.82) is 0 Å². The molecule has 0 bridgehead atoms. The summed E-state index contributed by atoms with van der Waals surface area (Å²) in [5.74, 6) is -0.621. The van der Waals surface area contributed by atoms with Crippen molar-refractivity contribution in [1.82, 2.24) is 4.98 Å². The van der Waals surface area contributed by atoms with Crippen LogP contribution in [-0.2, 0) is 4.74 Å². The second-order valence-electron chi connectivity index (χ2n) is 3.89. The number of aromatic nitrogens is 1. The van der Waals surface area contributed by atoms with Crippen molar-refractivity contribution in [3.8, 4) is 11.1 Å². The molecule has 5 heteroatoms. The Bertz CT molecular complexity index is 614. The van der Waals surface area contributed by atoms with E-state index in [2.05, 4.69) is 4.98 Å². The SMILES string of the molecule is CCOC(=O)c1cnc(N)c(-c2cccc(F)c2)c1. The summed E-state index contributed by atoms with van der Waals surface area (Å²) >= 11 is 0. The number of nitrogen functional groups attached to an aromatic ring is 1. The number of pyridine rings is 1. The summed E-state index contributed by atoms with van der Waals surface area (Å²) in [5.41, 5.74) is 7.12. The number of nitrogens with two attached hydrogens (primary N) is 1. The molecule has 0 saturated heterocycles. The van der Waals surface area contributed by atoms with Crippen molar-refractivity contribution < 1.29 is 13.9 Å². The molecular formula is C14H13FN2O2. The van der Waals surface area contributed by atoms with Crippen LogP contribution in [0.3, 0.4) is 0 Å². The van der Waals surface area contributed by atoms with Gasteiger partial charge >= 0.3 is 5.97 Å². The molecule has 0 aliphatic carbocycles. The van der Waals surface area contributed by atoms with Gasteiger partial charge in [-0.05, 0) is 30.7 Å². The van der Waals surface area contributed by atoms with Crippen LogP contribution in [0.1, 0.15) is 17.3 Å². The van der Waals surface area contributed by atoms with E-state index in [0.717, 1.165) is 0 Å². The van der Waals surface area contributed by atoms with Crippen LogP contribution < -0.4 is 5.73 Å². The van der Waals surface area contributed by atoms with Gasteiger partial charge in [-0.25, -0.2) is 14.2 Å². The molecule has 0 unspecified atom stereocenters. The number of halogens is 1. The first-order chi connectivity index (χ1) is 9.11. The van der Waals surface area contributed by atoms with Gasteiger partial charge < -0.3 is 10.5 Å². The summed E-state index contributed by atoms with van der Waals surface area (Å²) in [6, 6.07) is 7.49. The highest BCUT2D eigenvalue weighted by Gasteiger charge is 2.12. The molecule has 1 heterocycles. The van der Waals surface area contributed by atoms with Gasteiger partial charge in [0.05, 0.1) is 12.2 Å². The van der Waals surface area contributed by atoms with E-state index in [1.807, 2.05) is 0 Å². The van der Waals surface area contributed by atoms with Gasteiger partial charge in [0.15, 0.2) is 0 Å². The molecule has 2 aromatic rings. The number of carbonyl (C=O) groups excluding carboxylic acids is 1. The van der Waals surface area contributed by atoms with E-state index in [0.29, 0.717) is 11.1 Å². The van der Waals surface area contributed by atoms with Crippen LogP contribution in [0.25, 0.3) is 11.1 Å². The van der Waals surface area contributed by atoms with E-state index < -0.39 is 5.97 Å². The minimum Gasteiger partial charge on any atom is -0.462 e. The molecule has 0 saturated carbocycles. The Kier molecular flexibility index (Phi) is 3.75. The smallest absolute Gasteiger partial charge is 0.339 e. The van der Waals surface area contributed by atoms with Crippen LogP contribution in [0.15, 0.2) is 36.5 Å². The molecule has 4 nitrogen and oxygen atoms in total. The van der Waals surface area contributed by atoms with Crippen LogP contribution in [0.2, 0.25) is 0 Å². The Hall–Kier alpha value is -2.43. The summed E-state index contributed by atoms with van der Waals surface area (Å²) in [7, 11) is 0. The van der Waals surface area contributed by atoms with Crippen molar-refractivity contribution in [2.45, 2.75) is 6.92 Å². The molecule has 1 aromatic carbocycles. The minimum atomic E-state index is -0.479. The summed E-state index contributed by atoms with van der Waals surface area (Å²) < 4.78 is 18.1. The van der Waals surface area contributed by atoms with Crippen molar-refractivity contribution in [3.63, 3.8) is 0 Å². The first kappa shape index (κ1) is 13.0. The fourth-order valence-electron chi connectivity index (χ4n) is 1.69. The zero-order valence-corrected chi connectivity index (χ0v) is 10.4. The summed E-state index contributed by atoms with van der Waals surface area (Å²) in [6.07, 6.45) is 1.34. The van der Waals surface area contributed by atoms with Crippen molar-refractivity contribution in [2.75, 3.05) is 12.3 Å². The number of hydrogen-bond donors (Lipinski definition) is 1. The lowest BCUT2D eigenvalue weighted by atomic mass is 10.0. The molecule has 0 atom stereocenters. The van der Waals surface area contributed by atoms with Crippen molar-refractivity contribution in [2.24, 2.45) is 0 Å². The molecule has 0 amide bonds. The van der Waals surface area contributed by atoms with E-state index in [-0.39, 0.29) is 23.8 Å². The van der Waals surface area contributed by atoms with Crippen LogP contribution in [0.4, 0.5) is 10.2 Å². The maximum Gasteiger partial charge on any atom is 0.339 e. The number of esters is 1. The normalized spacial score (nSPS) is 10.2. The zero-order valence-electron chi connectivity index (χ0n) is 10.4. The lowest BCUT2D eigenvalue weighted by molar-refractivity contribution is 0.0526. The quantitative estimate of drug-likeness (QED) is 0.861. The molecule has 19 heavy (non-hydrogen) atoms. The molecule has 0 aliphatic rings. The van der Waals surface area contributed by atoms with Gasteiger partial charge in [-0.3, -0.25) is 0 Å². The van der Waals surface area contributed by atoms with E-state index in [1.165, 1.54) is 18.3 Å². The Morgan fingerprint density at radius 2 is 2.21 bits per heavy atom. The number of hydrogen-bond acceptors (Lipinski definition) is 4. The van der Waals surface area contributed by atoms with Gasteiger partial charge in [0, 0.05) is 11.8 Å². The molecule has 0 spiro atoms.